The van der Waals surface area contributed by atoms with Crippen molar-refractivity contribution in [1.29, 1.82) is 5.26 Å². The first-order valence-electron chi connectivity index (χ1n) is 6.59. The fraction of sp³-hybridized carbons (Fsp3) is 0.0625. The lowest BCUT2D eigenvalue weighted by Crippen LogP contribution is -1.96. The number of hydrogen-bond donors (Lipinski definition) is 1. The second kappa shape index (κ2) is 5.22. The van der Waals surface area contributed by atoms with Gasteiger partial charge in [0.15, 0.2) is 0 Å². The zero-order valence-corrected chi connectivity index (χ0v) is 11.8. The second-order valence-corrected chi connectivity index (χ2v) is 4.92. The molecule has 0 aliphatic rings. The van der Waals surface area contributed by atoms with Crippen molar-refractivity contribution < 1.29 is 4.92 Å². The average molecular weight is 292 g/mol. The van der Waals surface area contributed by atoms with Gasteiger partial charge in [-0.3, -0.25) is 10.1 Å². The van der Waals surface area contributed by atoms with Crippen molar-refractivity contribution >= 4 is 28.0 Å². The van der Waals surface area contributed by atoms with Crippen molar-refractivity contribution in [3.05, 3.63) is 64.3 Å². The van der Waals surface area contributed by atoms with Crippen LogP contribution in [0.3, 0.4) is 0 Å². The number of aromatic nitrogens is 1. The highest BCUT2D eigenvalue weighted by molar-refractivity contribution is 5.85. The number of nitro benzene ring substituents is 1. The zero-order valence-electron chi connectivity index (χ0n) is 11.8. The van der Waals surface area contributed by atoms with Crippen LogP contribution in [-0.4, -0.2) is 9.49 Å². The van der Waals surface area contributed by atoms with Crippen molar-refractivity contribution in [2.45, 2.75) is 0 Å². The summed E-state index contributed by atoms with van der Waals surface area (Å²) in [5, 5.41) is 24.2. The van der Waals surface area contributed by atoms with Crippen LogP contribution < -0.4 is 5.32 Å². The quantitative estimate of drug-likeness (QED) is 0.589. The Labute approximate surface area is 126 Å². The molecule has 1 heterocycles. The minimum atomic E-state index is -0.513. The van der Waals surface area contributed by atoms with Gasteiger partial charge in [-0.2, -0.15) is 5.26 Å². The van der Waals surface area contributed by atoms with E-state index in [2.05, 4.69) is 5.32 Å². The van der Waals surface area contributed by atoms with Crippen LogP contribution in [-0.2, 0) is 7.05 Å². The molecule has 0 radical (unpaired) electrons. The Morgan fingerprint density at radius 1 is 1.23 bits per heavy atom. The predicted molar refractivity (Wildman–Crippen MR) is 84.0 cm³/mol. The van der Waals surface area contributed by atoms with Crippen molar-refractivity contribution in [3.8, 4) is 6.07 Å². The van der Waals surface area contributed by atoms with Crippen LogP contribution in [0, 0.1) is 21.4 Å². The largest absolute Gasteiger partial charge is 0.354 e. The lowest BCUT2D eigenvalue weighted by molar-refractivity contribution is -0.384. The minimum absolute atomic E-state index is 0.0972. The van der Waals surface area contributed by atoms with Gasteiger partial charge in [0.2, 0.25) is 0 Å². The van der Waals surface area contributed by atoms with Gasteiger partial charge >= 0.3 is 0 Å². The summed E-state index contributed by atoms with van der Waals surface area (Å²) in [6.07, 6.45) is 1.97. The molecule has 0 spiro atoms. The number of aryl methyl sites for hydroxylation is 1. The maximum atomic E-state index is 10.8. The number of anilines is 2. The first-order chi connectivity index (χ1) is 10.6. The van der Waals surface area contributed by atoms with E-state index in [0.29, 0.717) is 5.69 Å². The average Bonchev–Trinajstić information content (AvgIpc) is 2.88. The SMILES string of the molecule is Cn1ccc2ccc(Nc3ccc([N+](=O)[O-])cc3C#N)cc21. The van der Waals surface area contributed by atoms with E-state index in [9.17, 15) is 10.1 Å². The summed E-state index contributed by atoms with van der Waals surface area (Å²) in [6, 6.07) is 14.1. The van der Waals surface area contributed by atoms with E-state index < -0.39 is 4.92 Å². The molecule has 22 heavy (non-hydrogen) atoms. The van der Waals surface area contributed by atoms with E-state index in [1.807, 2.05) is 48.1 Å². The van der Waals surface area contributed by atoms with Crippen LogP contribution in [0.2, 0.25) is 0 Å². The van der Waals surface area contributed by atoms with Gasteiger partial charge in [0.1, 0.15) is 6.07 Å². The molecule has 0 atom stereocenters. The van der Waals surface area contributed by atoms with Crippen LogP contribution in [0.25, 0.3) is 10.9 Å². The predicted octanol–water partition coefficient (Wildman–Crippen LogP) is 3.70. The summed E-state index contributed by atoms with van der Waals surface area (Å²) >= 11 is 0. The normalized spacial score (nSPS) is 10.4. The maximum absolute atomic E-state index is 10.8. The Balaban J connectivity index is 1.99. The Morgan fingerprint density at radius 3 is 2.77 bits per heavy atom. The van der Waals surface area contributed by atoms with Crippen LogP contribution in [0.5, 0.6) is 0 Å². The summed E-state index contributed by atoms with van der Waals surface area (Å²) in [4.78, 5) is 10.3. The maximum Gasteiger partial charge on any atom is 0.270 e. The highest BCUT2D eigenvalue weighted by atomic mass is 16.6. The van der Waals surface area contributed by atoms with Crippen LogP contribution in [0.1, 0.15) is 5.56 Å². The summed E-state index contributed by atoms with van der Waals surface area (Å²) in [5.74, 6) is 0. The van der Waals surface area contributed by atoms with E-state index in [-0.39, 0.29) is 11.3 Å². The van der Waals surface area contributed by atoms with Crippen molar-refractivity contribution in [2.75, 3.05) is 5.32 Å². The Bertz CT molecular complexity index is 922. The van der Waals surface area contributed by atoms with Gasteiger partial charge in [-0.1, -0.05) is 6.07 Å². The highest BCUT2D eigenvalue weighted by Crippen LogP contribution is 2.27. The Hall–Kier alpha value is -3.33. The third-order valence-electron chi connectivity index (χ3n) is 3.50. The summed E-state index contributed by atoms with van der Waals surface area (Å²) in [7, 11) is 1.96. The number of nitrogens with zero attached hydrogens (tertiary/aromatic N) is 3. The third kappa shape index (κ3) is 2.36. The number of non-ortho nitro benzene ring substituents is 1. The molecule has 3 rings (SSSR count). The monoisotopic (exact) mass is 292 g/mol. The molecular weight excluding hydrogens is 280 g/mol. The van der Waals surface area contributed by atoms with Crippen LogP contribution in [0.15, 0.2) is 48.7 Å². The van der Waals surface area contributed by atoms with Crippen LogP contribution >= 0.6 is 0 Å². The summed E-state index contributed by atoms with van der Waals surface area (Å²) < 4.78 is 2.00. The molecule has 1 N–H and O–H groups in total. The molecular formula is C16H12N4O2. The summed E-state index contributed by atoms with van der Waals surface area (Å²) in [6.45, 7) is 0. The van der Waals surface area contributed by atoms with Crippen molar-refractivity contribution in [1.82, 2.24) is 4.57 Å². The van der Waals surface area contributed by atoms with Gasteiger partial charge in [0.25, 0.3) is 5.69 Å². The zero-order chi connectivity index (χ0) is 15.7. The van der Waals surface area contributed by atoms with E-state index in [1.54, 1.807) is 6.07 Å². The van der Waals surface area contributed by atoms with Crippen molar-refractivity contribution in [2.24, 2.45) is 7.05 Å². The molecule has 1 aromatic heterocycles. The number of benzene rings is 2. The molecule has 0 saturated heterocycles. The van der Waals surface area contributed by atoms with Gasteiger partial charge in [0, 0.05) is 36.6 Å². The number of nitro groups is 1. The minimum Gasteiger partial charge on any atom is -0.354 e. The van der Waals surface area contributed by atoms with Gasteiger partial charge in [-0.05, 0) is 29.7 Å². The smallest absolute Gasteiger partial charge is 0.270 e. The molecule has 6 nitrogen and oxygen atoms in total. The number of nitriles is 1. The fourth-order valence-corrected chi connectivity index (χ4v) is 2.34. The number of nitrogens with one attached hydrogen (secondary N) is 1. The Kier molecular flexibility index (Phi) is 3.24. The fourth-order valence-electron chi connectivity index (χ4n) is 2.34. The lowest BCUT2D eigenvalue weighted by atomic mass is 10.1. The van der Waals surface area contributed by atoms with E-state index in [0.717, 1.165) is 16.6 Å². The molecule has 3 aromatic rings. The highest BCUT2D eigenvalue weighted by Gasteiger charge is 2.11. The molecule has 0 unspecified atom stereocenters. The summed E-state index contributed by atoms with van der Waals surface area (Å²) in [5.41, 5.74) is 2.56. The third-order valence-corrected chi connectivity index (χ3v) is 3.50. The Morgan fingerprint density at radius 2 is 2.05 bits per heavy atom. The molecule has 0 aliphatic heterocycles. The molecule has 108 valence electrons. The van der Waals surface area contributed by atoms with Crippen LogP contribution in [0.4, 0.5) is 17.1 Å². The first-order valence-corrected chi connectivity index (χ1v) is 6.59. The second-order valence-electron chi connectivity index (χ2n) is 4.92. The van der Waals surface area contributed by atoms with E-state index in [4.69, 9.17) is 5.26 Å². The topological polar surface area (TPSA) is 83.9 Å². The van der Waals surface area contributed by atoms with E-state index >= 15 is 0 Å². The van der Waals surface area contributed by atoms with Gasteiger partial charge < -0.3 is 9.88 Å². The molecule has 0 amide bonds. The van der Waals surface area contributed by atoms with Gasteiger partial charge in [-0.15, -0.1) is 0 Å². The number of fused-ring (bicyclic) bond motifs is 1. The van der Waals surface area contributed by atoms with Gasteiger partial charge in [-0.25, -0.2) is 0 Å². The number of rotatable bonds is 3. The molecule has 6 heteroatoms. The molecule has 0 bridgehead atoms. The standard InChI is InChI=1S/C16H12N4O2/c1-19-7-6-11-2-3-13(9-16(11)19)18-15-5-4-14(20(21)22)8-12(15)10-17/h2-9,18H,1H3. The van der Waals surface area contributed by atoms with E-state index in [1.165, 1.54) is 12.1 Å². The van der Waals surface area contributed by atoms with Crippen molar-refractivity contribution in [3.63, 3.8) is 0 Å². The molecule has 2 aromatic carbocycles. The molecule has 0 fully saturated rings. The molecule has 0 aliphatic carbocycles. The number of hydrogen-bond acceptors (Lipinski definition) is 4. The molecule has 0 saturated carbocycles. The lowest BCUT2D eigenvalue weighted by Gasteiger charge is -2.09. The first kappa shape index (κ1) is 13.6. The van der Waals surface area contributed by atoms with Gasteiger partial charge in [0.05, 0.1) is 16.2 Å².